The van der Waals surface area contributed by atoms with Gasteiger partial charge in [0.25, 0.3) is 11.8 Å². The fourth-order valence-electron chi connectivity index (χ4n) is 5.58. The number of nitrogens with zero attached hydrogens (tertiary/aromatic N) is 1. The number of fused-ring (bicyclic) bond motifs is 5. The molecule has 0 atom stereocenters. The topological polar surface area (TPSA) is 121 Å². The molecule has 3 aromatic carbocycles. The Morgan fingerprint density at radius 3 is 2.31 bits per heavy atom. The van der Waals surface area contributed by atoms with Crippen LogP contribution < -0.4 is 20.3 Å². The lowest BCUT2D eigenvalue weighted by atomic mass is 9.96. The second-order valence-electron chi connectivity index (χ2n) is 12.4. The molecular weight excluding hydrogens is 595 g/mol. The molecule has 0 radical (unpaired) electrons. The van der Waals surface area contributed by atoms with Crippen molar-refractivity contribution in [1.29, 1.82) is 0 Å². The molecule has 5 rings (SSSR count). The van der Waals surface area contributed by atoms with E-state index in [1.54, 1.807) is 30.3 Å². The first kappa shape index (κ1) is 32.0. The largest absolute Gasteiger partial charge is 0.455 e. The molecule has 4 aromatic rings. The molecule has 238 valence electrons. The molecule has 2 bridgehead atoms. The zero-order chi connectivity index (χ0) is 32.5. The van der Waals surface area contributed by atoms with Gasteiger partial charge in [-0.1, -0.05) is 12.8 Å². The van der Waals surface area contributed by atoms with E-state index >= 15 is 0 Å². The lowest BCUT2D eigenvalue weighted by molar-refractivity contribution is 0.0918. The molecule has 0 fully saturated rings. The molecule has 3 N–H and O–H groups in total. The third-order valence-corrected chi connectivity index (χ3v) is 8.85. The quantitative estimate of drug-likeness (QED) is 0.234. The Morgan fingerprint density at radius 2 is 1.64 bits per heavy atom. The monoisotopic (exact) mass is 634 g/mol. The Bertz CT molecular complexity index is 1860. The summed E-state index contributed by atoms with van der Waals surface area (Å²) in [6.07, 6.45) is 4.43. The van der Waals surface area contributed by atoms with Crippen LogP contribution in [0, 0.1) is 5.82 Å². The number of nitrogens with one attached hydrogen (secondary N) is 3. The lowest BCUT2D eigenvalue weighted by Crippen LogP contribution is -2.40. The second kappa shape index (κ2) is 12.5. The Morgan fingerprint density at radius 1 is 0.933 bits per heavy atom. The van der Waals surface area contributed by atoms with Crippen molar-refractivity contribution in [2.45, 2.75) is 52.0 Å². The highest BCUT2D eigenvalue weighted by atomic mass is 32.2. The van der Waals surface area contributed by atoms with Crippen molar-refractivity contribution in [3.63, 3.8) is 0 Å². The predicted octanol–water partition coefficient (Wildman–Crippen LogP) is 6.55. The van der Waals surface area contributed by atoms with E-state index < -0.39 is 21.4 Å². The normalized spacial score (nSPS) is 14.4. The van der Waals surface area contributed by atoms with Crippen LogP contribution in [0.5, 0.6) is 0 Å². The number of amides is 2. The van der Waals surface area contributed by atoms with Crippen LogP contribution in [0.2, 0.25) is 0 Å². The molecule has 1 aliphatic heterocycles. The number of hydrogen-bond donors (Lipinski definition) is 3. The Balaban J connectivity index is 1.80. The van der Waals surface area contributed by atoms with E-state index in [0.29, 0.717) is 63.3 Å². The average Bonchev–Trinajstić information content (AvgIpc) is 3.34. The number of hydrogen-bond acceptors (Lipinski definition) is 6. The molecule has 0 spiro atoms. The zero-order valence-electron chi connectivity index (χ0n) is 26.2. The van der Waals surface area contributed by atoms with E-state index in [0.717, 1.165) is 19.3 Å². The van der Waals surface area contributed by atoms with Crippen LogP contribution in [0.25, 0.3) is 33.4 Å². The SMILES string of the molecule is CNC(=O)c1c(-c2ccc(F)cc2)oc2cc3c(cc12)-c1cc(C(=O)NC(C)(C)C)cc(c1)N(S(C)(=O)=O)CCCCCCN3. The number of sulfonamides is 1. The van der Waals surface area contributed by atoms with Gasteiger partial charge in [-0.2, -0.15) is 0 Å². The molecule has 0 unspecified atom stereocenters. The molecule has 45 heavy (non-hydrogen) atoms. The first-order valence-electron chi connectivity index (χ1n) is 15.0. The van der Waals surface area contributed by atoms with Crippen LogP contribution in [-0.4, -0.2) is 52.2 Å². The smallest absolute Gasteiger partial charge is 0.255 e. The third kappa shape index (κ3) is 7.14. The zero-order valence-corrected chi connectivity index (χ0v) is 27.0. The van der Waals surface area contributed by atoms with E-state index in [1.807, 2.05) is 32.9 Å². The summed E-state index contributed by atoms with van der Waals surface area (Å²) in [7, 11) is -2.15. The van der Waals surface area contributed by atoms with Crippen LogP contribution in [0.1, 0.15) is 67.2 Å². The fourth-order valence-corrected chi connectivity index (χ4v) is 6.53. The van der Waals surface area contributed by atoms with Gasteiger partial charge < -0.3 is 20.4 Å². The second-order valence-corrected chi connectivity index (χ2v) is 14.3. The summed E-state index contributed by atoms with van der Waals surface area (Å²) >= 11 is 0. The van der Waals surface area contributed by atoms with Gasteiger partial charge in [-0.05, 0) is 87.7 Å². The minimum atomic E-state index is -3.67. The van der Waals surface area contributed by atoms with Crippen LogP contribution in [0.4, 0.5) is 15.8 Å². The number of halogens is 1. The standard InChI is InChI=1S/C34H39FN4O5S/c1-34(2,3)38-32(40)23-16-22-17-25(18-23)39(45(5,42)43)15-9-7-6-8-14-37-28-20-29-27(19-26(22)28)30(33(41)36-4)31(44-29)21-10-12-24(35)13-11-21/h10-13,16-20,37H,6-9,14-15H2,1-5H3,(H,36,41)(H,38,40). The van der Waals surface area contributed by atoms with Crippen molar-refractivity contribution >= 4 is 44.2 Å². The van der Waals surface area contributed by atoms with Crippen LogP contribution in [0.15, 0.2) is 59.0 Å². The summed E-state index contributed by atoms with van der Waals surface area (Å²) in [5.74, 6) is -0.837. The average molecular weight is 635 g/mol. The highest BCUT2D eigenvalue weighted by molar-refractivity contribution is 7.92. The highest BCUT2D eigenvalue weighted by Gasteiger charge is 2.26. The molecule has 11 heteroatoms. The Labute approximate surface area is 263 Å². The van der Waals surface area contributed by atoms with Gasteiger partial charge in [-0.15, -0.1) is 0 Å². The molecule has 1 aromatic heterocycles. The van der Waals surface area contributed by atoms with Gasteiger partial charge in [-0.25, -0.2) is 12.8 Å². The first-order valence-corrected chi connectivity index (χ1v) is 16.9. The maximum absolute atomic E-state index is 13.8. The molecule has 2 heterocycles. The molecule has 0 aliphatic carbocycles. The summed E-state index contributed by atoms with van der Waals surface area (Å²) in [6.45, 7) is 6.57. The van der Waals surface area contributed by atoms with E-state index in [9.17, 15) is 22.4 Å². The summed E-state index contributed by atoms with van der Waals surface area (Å²) in [5, 5.41) is 9.69. The summed E-state index contributed by atoms with van der Waals surface area (Å²) in [4.78, 5) is 26.8. The van der Waals surface area contributed by atoms with Gasteiger partial charge in [0.2, 0.25) is 10.0 Å². The third-order valence-electron chi connectivity index (χ3n) is 7.66. The van der Waals surface area contributed by atoms with Gasteiger partial charge >= 0.3 is 0 Å². The van der Waals surface area contributed by atoms with Gasteiger partial charge in [0.05, 0.1) is 17.5 Å². The van der Waals surface area contributed by atoms with E-state index in [4.69, 9.17) is 4.42 Å². The molecule has 0 saturated carbocycles. The number of carbonyl (C=O) groups is 2. The molecular formula is C34H39FN4O5S. The van der Waals surface area contributed by atoms with Gasteiger partial charge in [0, 0.05) is 59.5 Å². The number of furan rings is 1. The van der Waals surface area contributed by atoms with E-state index in [1.165, 1.54) is 29.7 Å². The predicted molar refractivity (Wildman–Crippen MR) is 177 cm³/mol. The van der Waals surface area contributed by atoms with Gasteiger partial charge in [0.1, 0.15) is 17.2 Å². The maximum Gasteiger partial charge on any atom is 0.255 e. The summed E-state index contributed by atoms with van der Waals surface area (Å²) < 4.78 is 47.5. The number of benzene rings is 3. The van der Waals surface area contributed by atoms with Crippen molar-refractivity contribution in [3.8, 4) is 22.5 Å². The maximum atomic E-state index is 13.8. The van der Waals surface area contributed by atoms with E-state index in [-0.39, 0.29) is 23.9 Å². The fraction of sp³-hybridized carbons (Fsp3) is 0.353. The highest BCUT2D eigenvalue weighted by Crippen LogP contribution is 2.41. The summed E-state index contributed by atoms with van der Waals surface area (Å²) in [5.41, 5.74) is 3.39. The number of anilines is 2. The Hall–Kier alpha value is -4.38. The van der Waals surface area contributed by atoms with Crippen LogP contribution in [0.3, 0.4) is 0 Å². The van der Waals surface area contributed by atoms with Crippen LogP contribution in [-0.2, 0) is 10.0 Å². The Kier molecular flexibility index (Phi) is 8.93. The molecule has 0 saturated heterocycles. The molecule has 9 nitrogen and oxygen atoms in total. The number of rotatable bonds is 4. The van der Waals surface area contributed by atoms with Crippen molar-refractivity contribution < 1.29 is 26.8 Å². The van der Waals surface area contributed by atoms with E-state index in [2.05, 4.69) is 16.0 Å². The summed E-state index contributed by atoms with van der Waals surface area (Å²) in [6, 6.07) is 14.5. The first-order chi connectivity index (χ1) is 21.2. The van der Waals surface area contributed by atoms with Gasteiger partial charge in [-0.3, -0.25) is 13.9 Å². The molecule has 1 aliphatic rings. The van der Waals surface area contributed by atoms with Crippen molar-refractivity contribution in [3.05, 3.63) is 71.5 Å². The van der Waals surface area contributed by atoms with Crippen molar-refractivity contribution in [1.82, 2.24) is 10.6 Å². The van der Waals surface area contributed by atoms with Crippen LogP contribution >= 0.6 is 0 Å². The minimum absolute atomic E-state index is 0.282. The lowest BCUT2D eigenvalue weighted by Gasteiger charge is -2.25. The van der Waals surface area contributed by atoms with Crippen molar-refractivity contribution in [2.24, 2.45) is 0 Å². The van der Waals surface area contributed by atoms with Crippen molar-refractivity contribution in [2.75, 3.05) is 36.0 Å². The number of carbonyl (C=O) groups excluding carboxylic acids is 2. The minimum Gasteiger partial charge on any atom is -0.455 e. The van der Waals surface area contributed by atoms with Gasteiger partial charge in [0.15, 0.2) is 0 Å². The molecule has 2 amide bonds.